The van der Waals surface area contributed by atoms with E-state index in [1.54, 1.807) is 0 Å². The summed E-state index contributed by atoms with van der Waals surface area (Å²) in [6.07, 6.45) is 2.64. The molecule has 0 spiro atoms. The van der Waals surface area contributed by atoms with Gasteiger partial charge in [0.15, 0.2) is 5.58 Å². The van der Waals surface area contributed by atoms with E-state index in [0.29, 0.717) is 5.58 Å². The lowest BCUT2D eigenvalue weighted by Gasteiger charge is -1.99. The van der Waals surface area contributed by atoms with Crippen LogP contribution in [0.25, 0.3) is 11.0 Å². The van der Waals surface area contributed by atoms with Gasteiger partial charge in [-0.1, -0.05) is 5.16 Å². The fourth-order valence-corrected chi connectivity index (χ4v) is 1.18. The zero-order valence-electron chi connectivity index (χ0n) is 7.01. The summed E-state index contributed by atoms with van der Waals surface area (Å²) in [5.41, 5.74) is -0.0530. The molecule has 2 rings (SSSR count). The normalized spacial score (nSPS) is 10.6. The van der Waals surface area contributed by atoms with E-state index in [2.05, 4.69) is 5.16 Å². The van der Waals surface area contributed by atoms with E-state index in [-0.39, 0.29) is 11.9 Å². The van der Waals surface area contributed by atoms with Gasteiger partial charge in [-0.3, -0.25) is 9.59 Å². The van der Waals surface area contributed by atoms with Gasteiger partial charge in [-0.15, -0.1) is 0 Å². The summed E-state index contributed by atoms with van der Waals surface area (Å²) >= 11 is 0. The number of aromatic nitrogens is 2. The van der Waals surface area contributed by atoms with Crippen molar-refractivity contribution in [3.63, 3.8) is 0 Å². The van der Waals surface area contributed by atoms with Crippen LogP contribution in [0.3, 0.4) is 0 Å². The molecule has 0 amide bonds. The van der Waals surface area contributed by atoms with Crippen LogP contribution in [0.4, 0.5) is 0 Å². The highest BCUT2D eigenvalue weighted by Gasteiger charge is 2.07. The first-order valence-corrected chi connectivity index (χ1v) is 3.84. The fraction of sp³-hybridized carbons (Fsp3) is 0.125. The Hall–Kier alpha value is -2.11. The molecule has 2 heterocycles. The predicted octanol–water partition coefficient (Wildman–Crippen LogP) is 0.0741. The Morgan fingerprint density at radius 1 is 1.64 bits per heavy atom. The number of carbonyl (C=O) groups is 1. The zero-order chi connectivity index (χ0) is 10.1. The molecule has 1 N–H and O–H groups in total. The second-order valence-electron chi connectivity index (χ2n) is 2.75. The number of hydrogen-bond donors (Lipinski definition) is 1. The van der Waals surface area contributed by atoms with Crippen molar-refractivity contribution in [1.82, 2.24) is 9.72 Å². The first-order chi connectivity index (χ1) is 6.68. The molecule has 72 valence electrons. The first kappa shape index (κ1) is 8.49. The van der Waals surface area contributed by atoms with Crippen LogP contribution < -0.4 is 5.56 Å². The van der Waals surface area contributed by atoms with Crippen LogP contribution >= 0.6 is 0 Å². The van der Waals surface area contributed by atoms with Crippen LogP contribution in [0.5, 0.6) is 0 Å². The van der Waals surface area contributed by atoms with E-state index in [1.165, 1.54) is 18.5 Å². The maximum atomic E-state index is 11.5. The molecule has 0 unspecified atom stereocenters. The lowest BCUT2D eigenvalue weighted by molar-refractivity contribution is -0.137. The van der Waals surface area contributed by atoms with Gasteiger partial charge in [-0.2, -0.15) is 0 Å². The van der Waals surface area contributed by atoms with Gasteiger partial charge in [0.25, 0.3) is 5.56 Å². The molecule has 2 aromatic rings. The molecule has 6 heteroatoms. The van der Waals surface area contributed by atoms with Crippen molar-refractivity contribution in [2.24, 2.45) is 0 Å². The van der Waals surface area contributed by atoms with E-state index in [4.69, 9.17) is 9.63 Å². The molecule has 0 fully saturated rings. The van der Waals surface area contributed by atoms with Crippen molar-refractivity contribution in [1.29, 1.82) is 0 Å². The maximum absolute atomic E-state index is 11.5. The highest BCUT2D eigenvalue weighted by Crippen LogP contribution is 2.06. The standard InChI is InChI=1S/C8H6N2O4/c11-7(12)4-10-2-1-6-5(8(10)13)3-9-14-6/h1-3H,4H2,(H,11,12). The van der Waals surface area contributed by atoms with Gasteiger partial charge < -0.3 is 14.2 Å². The average molecular weight is 194 g/mol. The molecular formula is C8H6N2O4. The smallest absolute Gasteiger partial charge is 0.323 e. The maximum Gasteiger partial charge on any atom is 0.323 e. The third-order valence-electron chi connectivity index (χ3n) is 1.80. The molecule has 0 aliphatic carbocycles. The molecule has 0 aliphatic rings. The molecule has 0 saturated carbocycles. The number of aliphatic carboxylic acids is 1. The van der Waals surface area contributed by atoms with Crippen molar-refractivity contribution in [3.05, 3.63) is 28.8 Å². The number of fused-ring (bicyclic) bond motifs is 1. The Balaban J connectivity index is 2.62. The summed E-state index contributed by atoms with van der Waals surface area (Å²) in [5, 5.41) is 12.2. The quantitative estimate of drug-likeness (QED) is 0.731. The summed E-state index contributed by atoms with van der Waals surface area (Å²) < 4.78 is 5.83. The zero-order valence-corrected chi connectivity index (χ0v) is 7.01. The third kappa shape index (κ3) is 1.26. The van der Waals surface area contributed by atoms with Crippen LogP contribution in [-0.4, -0.2) is 20.8 Å². The minimum absolute atomic E-state index is 0.286. The summed E-state index contributed by atoms with van der Waals surface area (Å²) in [6, 6.07) is 1.51. The third-order valence-corrected chi connectivity index (χ3v) is 1.80. The predicted molar refractivity (Wildman–Crippen MR) is 45.9 cm³/mol. The first-order valence-electron chi connectivity index (χ1n) is 3.84. The second-order valence-corrected chi connectivity index (χ2v) is 2.75. The topological polar surface area (TPSA) is 85.3 Å². The molecule has 0 bridgehead atoms. The molecule has 0 radical (unpaired) electrons. The molecular weight excluding hydrogens is 188 g/mol. The lowest BCUT2D eigenvalue weighted by atomic mass is 10.3. The minimum Gasteiger partial charge on any atom is -0.480 e. The summed E-state index contributed by atoms with van der Waals surface area (Å²) in [6.45, 7) is -0.361. The van der Waals surface area contributed by atoms with Crippen LogP contribution in [-0.2, 0) is 11.3 Å². The van der Waals surface area contributed by atoms with Gasteiger partial charge in [0, 0.05) is 12.3 Å². The SMILES string of the molecule is O=C(O)Cn1ccc2oncc2c1=O. The van der Waals surface area contributed by atoms with Gasteiger partial charge in [0.1, 0.15) is 11.9 Å². The summed E-state index contributed by atoms with van der Waals surface area (Å²) in [7, 11) is 0. The van der Waals surface area contributed by atoms with Gasteiger partial charge in [-0.05, 0) is 0 Å². The Morgan fingerprint density at radius 3 is 3.14 bits per heavy atom. The van der Waals surface area contributed by atoms with Crippen molar-refractivity contribution in [2.45, 2.75) is 6.54 Å². The Labute approximate surface area is 77.4 Å². The largest absolute Gasteiger partial charge is 0.480 e. The van der Waals surface area contributed by atoms with Crippen molar-refractivity contribution < 1.29 is 14.4 Å². The number of hydrogen-bond acceptors (Lipinski definition) is 4. The van der Waals surface area contributed by atoms with Crippen LogP contribution in [0.2, 0.25) is 0 Å². The number of carboxylic acid groups (broad SMARTS) is 1. The van der Waals surface area contributed by atoms with Gasteiger partial charge in [-0.25, -0.2) is 0 Å². The van der Waals surface area contributed by atoms with Crippen molar-refractivity contribution in [2.75, 3.05) is 0 Å². The van der Waals surface area contributed by atoms with Gasteiger partial charge in [0.05, 0.1) is 6.20 Å². The minimum atomic E-state index is -1.07. The number of rotatable bonds is 2. The highest BCUT2D eigenvalue weighted by molar-refractivity contribution is 5.74. The van der Waals surface area contributed by atoms with E-state index >= 15 is 0 Å². The van der Waals surface area contributed by atoms with E-state index in [9.17, 15) is 9.59 Å². The van der Waals surface area contributed by atoms with Crippen molar-refractivity contribution in [3.8, 4) is 0 Å². The van der Waals surface area contributed by atoms with E-state index in [1.807, 2.05) is 0 Å². The average Bonchev–Trinajstić information content (AvgIpc) is 2.57. The van der Waals surface area contributed by atoms with Gasteiger partial charge in [0.2, 0.25) is 0 Å². The molecule has 0 atom stereocenters. The number of nitrogens with zero attached hydrogens (tertiary/aromatic N) is 2. The summed E-state index contributed by atoms with van der Waals surface area (Å²) in [4.78, 5) is 21.9. The number of carboxylic acids is 1. The molecule has 0 aliphatic heterocycles. The molecule has 2 aromatic heterocycles. The van der Waals surface area contributed by atoms with Gasteiger partial charge >= 0.3 is 5.97 Å². The monoisotopic (exact) mass is 194 g/mol. The van der Waals surface area contributed by atoms with E-state index in [0.717, 1.165) is 4.57 Å². The second kappa shape index (κ2) is 2.99. The molecule has 0 saturated heterocycles. The van der Waals surface area contributed by atoms with Crippen molar-refractivity contribution >= 4 is 16.9 Å². The summed E-state index contributed by atoms with van der Waals surface area (Å²) in [5.74, 6) is -1.07. The molecule has 6 nitrogen and oxygen atoms in total. The Morgan fingerprint density at radius 2 is 2.43 bits per heavy atom. The number of pyridine rings is 1. The Kier molecular flexibility index (Phi) is 1.81. The van der Waals surface area contributed by atoms with Crippen LogP contribution in [0, 0.1) is 0 Å². The molecule has 14 heavy (non-hydrogen) atoms. The van der Waals surface area contributed by atoms with Crippen LogP contribution in [0.15, 0.2) is 27.8 Å². The van der Waals surface area contributed by atoms with E-state index < -0.39 is 11.5 Å². The highest BCUT2D eigenvalue weighted by atomic mass is 16.5. The van der Waals surface area contributed by atoms with Crippen LogP contribution in [0.1, 0.15) is 0 Å². The fourth-order valence-electron chi connectivity index (χ4n) is 1.18. The lowest BCUT2D eigenvalue weighted by Crippen LogP contribution is -2.22. The Bertz CT molecular complexity index is 540. The molecule has 0 aromatic carbocycles.